The van der Waals surface area contributed by atoms with Crippen molar-refractivity contribution in [2.45, 2.75) is 37.1 Å². The standard InChI is InChI=1S/C14H19NS/c15-14(7-8-14)13-4-2-1-3-12(13)11-5-9-16-10-6-11/h1-4,11H,5-10,15H2. The predicted octanol–water partition coefficient (Wildman–Crippen LogP) is 3.25. The molecule has 1 aliphatic heterocycles. The highest BCUT2D eigenvalue weighted by molar-refractivity contribution is 7.99. The maximum absolute atomic E-state index is 6.37. The van der Waals surface area contributed by atoms with Gasteiger partial charge < -0.3 is 5.73 Å². The molecule has 16 heavy (non-hydrogen) atoms. The third kappa shape index (κ3) is 1.89. The van der Waals surface area contributed by atoms with E-state index >= 15 is 0 Å². The van der Waals surface area contributed by atoms with Gasteiger partial charge in [0.25, 0.3) is 0 Å². The summed E-state index contributed by atoms with van der Waals surface area (Å²) >= 11 is 2.09. The van der Waals surface area contributed by atoms with Gasteiger partial charge in [-0.05, 0) is 54.2 Å². The first-order valence-electron chi connectivity index (χ1n) is 6.26. The number of hydrogen-bond acceptors (Lipinski definition) is 2. The van der Waals surface area contributed by atoms with Crippen molar-refractivity contribution in [3.8, 4) is 0 Å². The Balaban J connectivity index is 1.93. The van der Waals surface area contributed by atoms with E-state index in [-0.39, 0.29) is 5.54 Å². The SMILES string of the molecule is NC1(c2ccccc2C2CCSCC2)CC1. The van der Waals surface area contributed by atoms with E-state index in [1.165, 1.54) is 42.8 Å². The average Bonchev–Trinajstić information content (AvgIpc) is 3.10. The first kappa shape index (κ1) is 10.7. The van der Waals surface area contributed by atoms with Crippen molar-refractivity contribution in [3.63, 3.8) is 0 Å². The molecule has 1 aliphatic carbocycles. The molecule has 1 aromatic rings. The van der Waals surface area contributed by atoms with E-state index in [2.05, 4.69) is 36.0 Å². The second-order valence-electron chi connectivity index (χ2n) is 5.13. The Morgan fingerprint density at radius 3 is 2.50 bits per heavy atom. The van der Waals surface area contributed by atoms with Crippen molar-refractivity contribution >= 4 is 11.8 Å². The summed E-state index contributed by atoms with van der Waals surface area (Å²) in [6.45, 7) is 0. The molecule has 0 unspecified atom stereocenters. The smallest absolute Gasteiger partial charge is 0.0414 e. The fourth-order valence-electron chi connectivity index (χ4n) is 2.72. The van der Waals surface area contributed by atoms with Crippen LogP contribution in [0.1, 0.15) is 42.7 Å². The second kappa shape index (κ2) is 4.08. The van der Waals surface area contributed by atoms with Crippen molar-refractivity contribution in [2.75, 3.05) is 11.5 Å². The van der Waals surface area contributed by atoms with Gasteiger partial charge in [0, 0.05) is 5.54 Å². The van der Waals surface area contributed by atoms with Crippen LogP contribution in [0.25, 0.3) is 0 Å². The minimum atomic E-state index is 0.0290. The molecule has 1 saturated heterocycles. The van der Waals surface area contributed by atoms with Crippen LogP contribution in [0, 0.1) is 0 Å². The van der Waals surface area contributed by atoms with Crippen molar-refractivity contribution in [1.82, 2.24) is 0 Å². The van der Waals surface area contributed by atoms with Crippen molar-refractivity contribution < 1.29 is 0 Å². The largest absolute Gasteiger partial charge is 0.321 e. The molecule has 1 nitrogen and oxygen atoms in total. The first-order valence-corrected chi connectivity index (χ1v) is 7.41. The highest BCUT2D eigenvalue weighted by Crippen LogP contribution is 2.47. The third-order valence-electron chi connectivity index (χ3n) is 3.95. The lowest BCUT2D eigenvalue weighted by Gasteiger charge is -2.26. The summed E-state index contributed by atoms with van der Waals surface area (Å²) in [7, 11) is 0. The number of rotatable bonds is 2. The Kier molecular flexibility index (Phi) is 2.72. The summed E-state index contributed by atoms with van der Waals surface area (Å²) in [5.74, 6) is 3.39. The van der Waals surface area contributed by atoms with E-state index in [0.717, 1.165) is 5.92 Å². The molecule has 1 aromatic carbocycles. The number of nitrogens with two attached hydrogens (primary N) is 1. The van der Waals surface area contributed by atoms with Gasteiger partial charge in [-0.2, -0.15) is 11.8 Å². The molecule has 2 heteroatoms. The minimum absolute atomic E-state index is 0.0290. The van der Waals surface area contributed by atoms with Crippen LogP contribution in [0.5, 0.6) is 0 Å². The lowest BCUT2D eigenvalue weighted by molar-refractivity contribution is 0.612. The summed E-state index contributed by atoms with van der Waals surface area (Å²) < 4.78 is 0. The Morgan fingerprint density at radius 2 is 1.81 bits per heavy atom. The molecule has 1 saturated carbocycles. The second-order valence-corrected chi connectivity index (χ2v) is 6.35. The van der Waals surface area contributed by atoms with Gasteiger partial charge in [-0.25, -0.2) is 0 Å². The van der Waals surface area contributed by atoms with E-state index in [1.807, 2.05) is 0 Å². The summed E-state index contributed by atoms with van der Waals surface area (Å²) in [6.07, 6.45) is 5.01. The molecule has 0 amide bonds. The van der Waals surface area contributed by atoms with Gasteiger partial charge in [-0.1, -0.05) is 24.3 Å². The van der Waals surface area contributed by atoms with Crippen LogP contribution in [0.4, 0.5) is 0 Å². The Bertz CT molecular complexity index is 378. The van der Waals surface area contributed by atoms with Crippen LogP contribution < -0.4 is 5.73 Å². The maximum atomic E-state index is 6.37. The molecule has 2 fully saturated rings. The van der Waals surface area contributed by atoms with E-state index in [0.29, 0.717) is 0 Å². The average molecular weight is 233 g/mol. The van der Waals surface area contributed by atoms with Crippen LogP contribution in [-0.2, 0) is 5.54 Å². The van der Waals surface area contributed by atoms with Crippen molar-refractivity contribution in [3.05, 3.63) is 35.4 Å². The molecular formula is C14H19NS. The molecule has 0 radical (unpaired) electrons. The number of hydrogen-bond donors (Lipinski definition) is 1. The van der Waals surface area contributed by atoms with Crippen LogP contribution in [0.15, 0.2) is 24.3 Å². The Morgan fingerprint density at radius 1 is 1.12 bits per heavy atom. The van der Waals surface area contributed by atoms with Crippen LogP contribution >= 0.6 is 11.8 Å². The van der Waals surface area contributed by atoms with Crippen LogP contribution in [0.3, 0.4) is 0 Å². The molecule has 0 atom stereocenters. The topological polar surface area (TPSA) is 26.0 Å². The number of benzene rings is 1. The van der Waals surface area contributed by atoms with E-state index in [9.17, 15) is 0 Å². The van der Waals surface area contributed by atoms with Crippen LogP contribution in [0.2, 0.25) is 0 Å². The normalized spacial score (nSPS) is 24.3. The van der Waals surface area contributed by atoms with Crippen molar-refractivity contribution in [1.29, 1.82) is 0 Å². The van der Waals surface area contributed by atoms with Gasteiger partial charge in [0.15, 0.2) is 0 Å². The minimum Gasteiger partial charge on any atom is -0.321 e. The van der Waals surface area contributed by atoms with Gasteiger partial charge in [0.1, 0.15) is 0 Å². The molecule has 0 spiro atoms. The van der Waals surface area contributed by atoms with Gasteiger partial charge in [0.2, 0.25) is 0 Å². The fourth-order valence-corrected chi connectivity index (χ4v) is 3.83. The fraction of sp³-hybridized carbons (Fsp3) is 0.571. The van der Waals surface area contributed by atoms with E-state index in [1.54, 1.807) is 5.56 Å². The zero-order valence-electron chi connectivity index (χ0n) is 9.61. The van der Waals surface area contributed by atoms with E-state index in [4.69, 9.17) is 5.73 Å². The van der Waals surface area contributed by atoms with Gasteiger partial charge in [-0.3, -0.25) is 0 Å². The quantitative estimate of drug-likeness (QED) is 0.848. The maximum Gasteiger partial charge on any atom is 0.0414 e. The van der Waals surface area contributed by atoms with Gasteiger partial charge >= 0.3 is 0 Å². The highest BCUT2D eigenvalue weighted by Gasteiger charge is 2.42. The Labute approximate surface area is 102 Å². The lowest BCUT2D eigenvalue weighted by atomic mass is 9.86. The molecule has 1 heterocycles. The first-order chi connectivity index (χ1) is 7.80. The highest BCUT2D eigenvalue weighted by atomic mass is 32.2. The molecule has 2 N–H and O–H groups in total. The molecule has 86 valence electrons. The molecular weight excluding hydrogens is 214 g/mol. The molecule has 2 aliphatic rings. The summed E-state index contributed by atoms with van der Waals surface area (Å²) in [4.78, 5) is 0. The van der Waals surface area contributed by atoms with Crippen LogP contribution in [-0.4, -0.2) is 11.5 Å². The Hall–Kier alpha value is -0.470. The van der Waals surface area contributed by atoms with E-state index < -0.39 is 0 Å². The number of thioether (sulfide) groups is 1. The predicted molar refractivity (Wildman–Crippen MR) is 70.8 cm³/mol. The molecule has 0 bridgehead atoms. The third-order valence-corrected chi connectivity index (χ3v) is 5.00. The van der Waals surface area contributed by atoms with Gasteiger partial charge in [0.05, 0.1) is 0 Å². The van der Waals surface area contributed by atoms with Gasteiger partial charge in [-0.15, -0.1) is 0 Å². The summed E-state index contributed by atoms with van der Waals surface area (Å²) in [6, 6.07) is 8.88. The summed E-state index contributed by atoms with van der Waals surface area (Å²) in [5, 5.41) is 0. The molecule has 3 rings (SSSR count). The molecule has 0 aromatic heterocycles. The zero-order valence-corrected chi connectivity index (χ0v) is 10.4. The summed E-state index contributed by atoms with van der Waals surface area (Å²) in [5.41, 5.74) is 9.38. The lowest BCUT2D eigenvalue weighted by Crippen LogP contribution is -2.22. The van der Waals surface area contributed by atoms with Crippen molar-refractivity contribution in [2.24, 2.45) is 5.73 Å². The monoisotopic (exact) mass is 233 g/mol. The zero-order chi connectivity index (χ0) is 11.0.